The van der Waals surface area contributed by atoms with E-state index in [4.69, 9.17) is 10.9 Å². The molecule has 1 amide bonds. The monoisotopic (exact) mass is 264 g/mol. The minimum absolute atomic E-state index is 0.0419. The number of carbonyl (C=O) groups is 1. The second-order valence-electron chi connectivity index (χ2n) is 4.38. The third-order valence-electron chi connectivity index (χ3n) is 2.85. The average molecular weight is 264 g/mol. The summed E-state index contributed by atoms with van der Waals surface area (Å²) in [5.74, 6) is -0.786. The highest BCUT2D eigenvalue weighted by atomic mass is 16.4. The Kier molecular flexibility index (Phi) is 5.78. The Morgan fingerprint density at radius 3 is 2.84 bits per heavy atom. The Labute approximate surface area is 112 Å². The van der Waals surface area contributed by atoms with Crippen LogP contribution in [0.15, 0.2) is 29.6 Å². The number of pyridine rings is 1. The highest BCUT2D eigenvalue weighted by molar-refractivity contribution is 6.01. The SMILES string of the molecule is CCCC(C(=O)N(C)Cc1ccccn1)C(N)=NO. The van der Waals surface area contributed by atoms with Gasteiger partial charge in [0, 0.05) is 13.2 Å². The minimum Gasteiger partial charge on any atom is -0.409 e. The molecule has 104 valence electrons. The molecule has 3 N–H and O–H groups in total. The molecule has 0 radical (unpaired) electrons. The lowest BCUT2D eigenvalue weighted by atomic mass is 10.0. The van der Waals surface area contributed by atoms with Gasteiger partial charge >= 0.3 is 0 Å². The number of amides is 1. The van der Waals surface area contributed by atoms with Gasteiger partial charge < -0.3 is 15.8 Å². The van der Waals surface area contributed by atoms with E-state index in [0.717, 1.165) is 12.1 Å². The zero-order valence-electron chi connectivity index (χ0n) is 11.3. The molecule has 0 bridgehead atoms. The first-order valence-electron chi connectivity index (χ1n) is 6.22. The highest BCUT2D eigenvalue weighted by Gasteiger charge is 2.25. The minimum atomic E-state index is -0.580. The van der Waals surface area contributed by atoms with Crippen LogP contribution in [0.1, 0.15) is 25.5 Å². The van der Waals surface area contributed by atoms with Crippen molar-refractivity contribution < 1.29 is 10.0 Å². The van der Waals surface area contributed by atoms with Crippen molar-refractivity contribution in [3.8, 4) is 0 Å². The molecule has 1 aromatic heterocycles. The topological polar surface area (TPSA) is 91.8 Å². The fourth-order valence-electron chi connectivity index (χ4n) is 1.83. The van der Waals surface area contributed by atoms with Crippen molar-refractivity contribution in [2.45, 2.75) is 26.3 Å². The maximum atomic E-state index is 12.3. The normalized spacial score (nSPS) is 13.1. The second-order valence-corrected chi connectivity index (χ2v) is 4.38. The van der Waals surface area contributed by atoms with Gasteiger partial charge in [-0.15, -0.1) is 0 Å². The quantitative estimate of drug-likeness (QED) is 0.349. The molecule has 0 aromatic carbocycles. The number of nitrogens with zero attached hydrogens (tertiary/aromatic N) is 3. The number of nitrogens with two attached hydrogens (primary N) is 1. The lowest BCUT2D eigenvalue weighted by Crippen LogP contribution is -2.39. The predicted octanol–water partition coefficient (Wildman–Crippen LogP) is 1.20. The molecule has 6 nitrogen and oxygen atoms in total. The summed E-state index contributed by atoms with van der Waals surface area (Å²) in [6.45, 7) is 2.35. The fourth-order valence-corrected chi connectivity index (χ4v) is 1.83. The molecule has 0 aliphatic carbocycles. The third kappa shape index (κ3) is 4.24. The summed E-state index contributed by atoms with van der Waals surface area (Å²) in [7, 11) is 1.68. The van der Waals surface area contributed by atoms with Crippen molar-refractivity contribution in [1.82, 2.24) is 9.88 Å². The van der Waals surface area contributed by atoms with Gasteiger partial charge in [0.25, 0.3) is 0 Å². The molecule has 0 aliphatic rings. The highest BCUT2D eigenvalue weighted by Crippen LogP contribution is 2.12. The van der Waals surface area contributed by atoms with E-state index in [1.807, 2.05) is 25.1 Å². The van der Waals surface area contributed by atoms with Crippen molar-refractivity contribution in [2.24, 2.45) is 16.8 Å². The predicted molar refractivity (Wildman–Crippen MR) is 72.5 cm³/mol. The molecular weight excluding hydrogens is 244 g/mol. The van der Waals surface area contributed by atoms with Gasteiger partial charge in [0.15, 0.2) is 5.84 Å². The van der Waals surface area contributed by atoms with Gasteiger partial charge in [0.1, 0.15) is 0 Å². The van der Waals surface area contributed by atoms with Crippen LogP contribution in [0.4, 0.5) is 0 Å². The average Bonchev–Trinajstić information content (AvgIpc) is 2.44. The van der Waals surface area contributed by atoms with Crippen LogP contribution in [0.2, 0.25) is 0 Å². The van der Waals surface area contributed by atoms with Crippen LogP contribution in [-0.4, -0.2) is 33.9 Å². The van der Waals surface area contributed by atoms with Crippen molar-refractivity contribution in [2.75, 3.05) is 7.05 Å². The molecule has 0 saturated carbocycles. The summed E-state index contributed by atoms with van der Waals surface area (Å²) in [5.41, 5.74) is 6.37. The van der Waals surface area contributed by atoms with E-state index >= 15 is 0 Å². The Balaban J connectivity index is 2.74. The summed E-state index contributed by atoms with van der Waals surface area (Å²) < 4.78 is 0. The van der Waals surface area contributed by atoms with E-state index in [2.05, 4.69) is 10.1 Å². The van der Waals surface area contributed by atoms with Crippen molar-refractivity contribution in [3.05, 3.63) is 30.1 Å². The largest absolute Gasteiger partial charge is 0.409 e. The smallest absolute Gasteiger partial charge is 0.233 e. The summed E-state index contributed by atoms with van der Waals surface area (Å²) in [4.78, 5) is 18.0. The molecule has 0 fully saturated rings. The third-order valence-corrected chi connectivity index (χ3v) is 2.85. The van der Waals surface area contributed by atoms with E-state index in [9.17, 15) is 4.79 Å². The number of carbonyl (C=O) groups excluding carboxylic acids is 1. The van der Waals surface area contributed by atoms with E-state index < -0.39 is 5.92 Å². The molecular formula is C13H20N4O2. The zero-order chi connectivity index (χ0) is 14.3. The summed E-state index contributed by atoms with van der Waals surface area (Å²) >= 11 is 0. The Morgan fingerprint density at radius 2 is 2.32 bits per heavy atom. The zero-order valence-corrected chi connectivity index (χ0v) is 11.3. The Morgan fingerprint density at radius 1 is 1.58 bits per heavy atom. The van der Waals surface area contributed by atoms with Gasteiger partial charge in [-0.3, -0.25) is 9.78 Å². The molecule has 0 spiro atoms. The number of rotatable bonds is 6. The van der Waals surface area contributed by atoms with Gasteiger partial charge in [-0.1, -0.05) is 24.6 Å². The molecule has 19 heavy (non-hydrogen) atoms. The van der Waals surface area contributed by atoms with E-state index in [1.54, 1.807) is 18.1 Å². The standard InChI is InChI=1S/C13H20N4O2/c1-3-6-11(12(14)16-19)13(18)17(2)9-10-7-4-5-8-15-10/h4-5,7-8,11,19H,3,6,9H2,1-2H3,(H2,14,16). The van der Waals surface area contributed by atoms with Gasteiger partial charge in [-0.05, 0) is 18.6 Å². The maximum Gasteiger partial charge on any atom is 0.233 e. The van der Waals surface area contributed by atoms with Crippen molar-refractivity contribution >= 4 is 11.7 Å². The van der Waals surface area contributed by atoms with Crippen LogP contribution in [0.5, 0.6) is 0 Å². The Bertz CT molecular complexity index is 434. The molecule has 1 aromatic rings. The molecule has 1 unspecified atom stereocenters. The van der Waals surface area contributed by atoms with Crippen molar-refractivity contribution in [1.29, 1.82) is 0 Å². The second kappa shape index (κ2) is 7.35. The van der Waals surface area contributed by atoms with Gasteiger partial charge in [-0.25, -0.2) is 0 Å². The van der Waals surface area contributed by atoms with Crippen LogP contribution < -0.4 is 5.73 Å². The molecule has 1 rings (SSSR count). The number of amidine groups is 1. The lowest BCUT2D eigenvalue weighted by Gasteiger charge is -2.22. The molecule has 6 heteroatoms. The summed E-state index contributed by atoms with van der Waals surface area (Å²) in [6.07, 6.45) is 3.02. The first-order valence-corrected chi connectivity index (χ1v) is 6.22. The molecule has 0 saturated heterocycles. The van der Waals surface area contributed by atoms with Gasteiger partial charge in [0.2, 0.25) is 5.91 Å². The summed E-state index contributed by atoms with van der Waals surface area (Å²) in [5, 5.41) is 11.7. The van der Waals surface area contributed by atoms with Crippen LogP contribution in [-0.2, 0) is 11.3 Å². The van der Waals surface area contributed by atoms with Gasteiger partial charge in [-0.2, -0.15) is 0 Å². The molecule has 1 atom stereocenters. The fraction of sp³-hybridized carbons (Fsp3) is 0.462. The van der Waals surface area contributed by atoms with Crippen LogP contribution in [0, 0.1) is 5.92 Å². The van der Waals surface area contributed by atoms with E-state index in [-0.39, 0.29) is 11.7 Å². The van der Waals surface area contributed by atoms with E-state index in [0.29, 0.717) is 13.0 Å². The van der Waals surface area contributed by atoms with Crippen LogP contribution >= 0.6 is 0 Å². The number of aromatic nitrogens is 1. The number of oxime groups is 1. The van der Waals surface area contributed by atoms with Crippen LogP contribution in [0.25, 0.3) is 0 Å². The molecule has 0 aliphatic heterocycles. The van der Waals surface area contributed by atoms with Gasteiger partial charge in [0.05, 0.1) is 18.2 Å². The maximum absolute atomic E-state index is 12.3. The van der Waals surface area contributed by atoms with Crippen LogP contribution in [0.3, 0.4) is 0 Å². The Hall–Kier alpha value is -2.11. The lowest BCUT2D eigenvalue weighted by molar-refractivity contribution is -0.132. The first kappa shape index (κ1) is 14.9. The number of hydrogen-bond donors (Lipinski definition) is 2. The number of hydrogen-bond acceptors (Lipinski definition) is 4. The first-order chi connectivity index (χ1) is 9.10. The summed E-state index contributed by atoms with van der Waals surface area (Å²) in [6, 6.07) is 5.54. The molecule has 1 heterocycles. The van der Waals surface area contributed by atoms with E-state index in [1.165, 1.54) is 0 Å². The van der Waals surface area contributed by atoms with Crippen molar-refractivity contribution in [3.63, 3.8) is 0 Å².